The van der Waals surface area contributed by atoms with Crippen LogP contribution < -0.4 is 15.0 Å². The molecule has 0 saturated heterocycles. The smallest absolute Gasteiger partial charge is 0.142 e. The first-order valence-electron chi connectivity index (χ1n) is 5.11. The third kappa shape index (κ3) is 2.63. The first kappa shape index (κ1) is 11.9. The summed E-state index contributed by atoms with van der Waals surface area (Å²) in [6, 6.07) is 4.24. The van der Waals surface area contributed by atoms with Crippen LogP contribution in [0.4, 0.5) is 5.69 Å². The van der Waals surface area contributed by atoms with E-state index < -0.39 is 0 Å². The lowest BCUT2D eigenvalue weighted by molar-refractivity contribution is 0.414. The highest BCUT2D eigenvalue weighted by Crippen LogP contribution is 2.30. The molecule has 0 amide bonds. The minimum absolute atomic E-state index is 0.804. The van der Waals surface area contributed by atoms with Crippen molar-refractivity contribution in [1.29, 1.82) is 0 Å². The van der Waals surface area contributed by atoms with E-state index in [1.165, 1.54) is 11.1 Å². The number of benzene rings is 1. The van der Waals surface area contributed by atoms with E-state index in [0.717, 1.165) is 18.1 Å². The van der Waals surface area contributed by atoms with Crippen molar-refractivity contribution in [1.82, 2.24) is 5.32 Å². The Morgan fingerprint density at radius 1 is 1.27 bits per heavy atom. The number of methoxy groups -OCH3 is 1. The van der Waals surface area contributed by atoms with Gasteiger partial charge in [0.15, 0.2) is 0 Å². The Bertz CT molecular complexity index is 337. The fraction of sp³-hybridized carbons (Fsp3) is 0.500. The predicted molar refractivity (Wildman–Crippen MR) is 64.8 cm³/mol. The molecule has 0 bridgehead atoms. The van der Waals surface area contributed by atoms with Gasteiger partial charge in [0.2, 0.25) is 0 Å². The average molecular weight is 208 g/mol. The molecule has 3 heteroatoms. The number of aryl methyl sites for hydroxylation is 2. The highest BCUT2D eigenvalue weighted by atomic mass is 16.5. The first-order chi connectivity index (χ1) is 7.10. The van der Waals surface area contributed by atoms with Crippen LogP contribution in [0.2, 0.25) is 0 Å². The summed E-state index contributed by atoms with van der Waals surface area (Å²) in [6.45, 7) is 5.02. The summed E-state index contributed by atoms with van der Waals surface area (Å²) in [4.78, 5) is 2.13. The number of nitrogens with zero attached hydrogens (tertiary/aromatic N) is 1. The van der Waals surface area contributed by atoms with Gasteiger partial charge in [-0.2, -0.15) is 0 Å². The molecular weight excluding hydrogens is 188 g/mol. The third-order valence-electron chi connectivity index (χ3n) is 2.60. The standard InChI is InChI=1S/C12H20N2O/c1-9-6-11(14(4)8-13-3)12(15-5)7-10(9)2/h6-7,13H,8H2,1-5H3. The van der Waals surface area contributed by atoms with E-state index in [1.807, 2.05) is 14.1 Å². The molecule has 0 unspecified atom stereocenters. The van der Waals surface area contributed by atoms with Gasteiger partial charge in [-0.15, -0.1) is 0 Å². The van der Waals surface area contributed by atoms with Crippen LogP contribution in [0.25, 0.3) is 0 Å². The van der Waals surface area contributed by atoms with Crippen molar-refractivity contribution in [2.24, 2.45) is 0 Å². The summed E-state index contributed by atoms with van der Waals surface area (Å²) >= 11 is 0. The van der Waals surface area contributed by atoms with Crippen LogP contribution in [0.1, 0.15) is 11.1 Å². The second-order valence-corrected chi connectivity index (χ2v) is 3.82. The molecule has 15 heavy (non-hydrogen) atoms. The lowest BCUT2D eigenvalue weighted by atomic mass is 10.1. The van der Waals surface area contributed by atoms with Crippen LogP contribution in [0.5, 0.6) is 5.75 Å². The highest BCUT2D eigenvalue weighted by molar-refractivity contribution is 5.61. The molecule has 0 spiro atoms. The summed E-state index contributed by atoms with van der Waals surface area (Å²) < 4.78 is 5.38. The van der Waals surface area contributed by atoms with Crippen molar-refractivity contribution in [3.8, 4) is 5.75 Å². The Morgan fingerprint density at radius 2 is 1.87 bits per heavy atom. The molecule has 0 heterocycles. The van der Waals surface area contributed by atoms with Crippen LogP contribution >= 0.6 is 0 Å². The first-order valence-corrected chi connectivity index (χ1v) is 5.11. The van der Waals surface area contributed by atoms with E-state index in [9.17, 15) is 0 Å². The topological polar surface area (TPSA) is 24.5 Å². The molecule has 0 saturated carbocycles. The molecule has 1 aromatic rings. The number of rotatable bonds is 4. The quantitative estimate of drug-likeness (QED) is 0.765. The second kappa shape index (κ2) is 5.03. The van der Waals surface area contributed by atoms with Gasteiger partial charge in [-0.1, -0.05) is 0 Å². The Morgan fingerprint density at radius 3 is 2.40 bits per heavy atom. The maximum absolute atomic E-state index is 5.38. The van der Waals surface area contributed by atoms with Crippen molar-refractivity contribution in [2.45, 2.75) is 13.8 Å². The molecule has 0 aromatic heterocycles. The zero-order valence-corrected chi connectivity index (χ0v) is 10.2. The molecule has 0 fully saturated rings. The number of nitrogens with one attached hydrogen (secondary N) is 1. The maximum atomic E-state index is 5.38. The van der Waals surface area contributed by atoms with Crippen molar-refractivity contribution < 1.29 is 4.74 Å². The fourth-order valence-electron chi connectivity index (χ4n) is 1.56. The van der Waals surface area contributed by atoms with E-state index in [0.29, 0.717) is 0 Å². The summed E-state index contributed by atoms with van der Waals surface area (Å²) in [6.07, 6.45) is 0. The molecule has 1 aromatic carbocycles. The van der Waals surface area contributed by atoms with Gasteiger partial charge in [-0.05, 0) is 44.2 Å². The third-order valence-corrected chi connectivity index (χ3v) is 2.60. The normalized spacial score (nSPS) is 10.2. The molecule has 0 atom stereocenters. The minimum atomic E-state index is 0.804. The molecule has 1 N–H and O–H groups in total. The van der Waals surface area contributed by atoms with Crippen LogP contribution in [-0.4, -0.2) is 27.9 Å². The van der Waals surface area contributed by atoms with E-state index in [-0.39, 0.29) is 0 Å². The van der Waals surface area contributed by atoms with E-state index in [2.05, 4.69) is 36.2 Å². The van der Waals surface area contributed by atoms with Crippen LogP contribution in [0.3, 0.4) is 0 Å². The molecule has 1 rings (SSSR count). The summed E-state index contributed by atoms with van der Waals surface area (Å²) in [5.41, 5.74) is 3.66. The summed E-state index contributed by atoms with van der Waals surface area (Å²) in [5, 5.41) is 3.12. The Labute approximate surface area is 92.0 Å². The zero-order valence-electron chi connectivity index (χ0n) is 10.2. The lowest BCUT2D eigenvalue weighted by Gasteiger charge is -2.22. The van der Waals surface area contributed by atoms with Crippen LogP contribution in [0, 0.1) is 13.8 Å². The van der Waals surface area contributed by atoms with Crippen LogP contribution in [-0.2, 0) is 0 Å². The van der Waals surface area contributed by atoms with Gasteiger partial charge in [-0.3, -0.25) is 0 Å². The number of hydrogen-bond donors (Lipinski definition) is 1. The van der Waals surface area contributed by atoms with E-state index >= 15 is 0 Å². The molecule has 0 aliphatic rings. The molecule has 3 nitrogen and oxygen atoms in total. The highest BCUT2D eigenvalue weighted by Gasteiger charge is 2.09. The van der Waals surface area contributed by atoms with E-state index in [4.69, 9.17) is 4.74 Å². The van der Waals surface area contributed by atoms with Gasteiger partial charge in [-0.25, -0.2) is 0 Å². The number of anilines is 1. The Balaban J connectivity index is 3.09. The molecule has 84 valence electrons. The molecule has 0 radical (unpaired) electrons. The van der Waals surface area contributed by atoms with Gasteiger partial charge >= 0.3 is 0 Å². The predicted octanol–water partition coefficient (Wildman–Crippen LogP) is 1.93. The van der Waals surface area contributed by atoms with Crippen molar-refractivity contribution in [2.75, 3.05) is 32.8 Å². The zero-order chi connectivity index (χ0) is 11.4. The monoisotopic (exact) mass is 208 g/mol. The van der Waals surface area contributed by atoms with Crippen molar-refractivity contribution >= 4 is 5.69 Å². The summed E-state index contributed by atoms with van der Waals surface area (Å²) in [5.74, 6) is 0.927. The van der Waals surface area contributed by atoms with Gasteiger partial charge in [0.1, 0.15) is 5.75 Å². The van der Waals surface area contributed by atoms with Gasteiger partial charge < -0.3 is 15.0 Å². The van der Waals surface area contributed by atoms with Crippen LogP contribution in [0.15, 0.2) is 12.1 Å². The maximum Gasteiger partial charge on any atom is 0.142 e. The van der Waals surface area contributed by atoms with Crippen molar-refractivity contribution in [3.05, 3.63) is 23.3 Å². The molecular formula is C12H20N2O. The minimum Gasteiger partial charge on any atom is -0.495 e. The molecule has 0 aliphatic carbocycles. The second-order valence-electron chi connectivity index (χ2n) is 3.82. The summed E-state index contributed by atoms with van der Waals surface area (Å²) in [7, 11) is 5.69. The average Bonchev–Trinajstić information content (AvgIpc) is 2.21. The largest absolute Gasteiger partial charge is 0.495 e. The van der Waals surface area contributed by atoms with Gasteiger partial charge in [0.05, 0.1) is 19.5 Å². The molecule has 0 aliphatic heterocycles. The SMILES string of the molecule is CNCN(C)c1cc(C)c(C)cc1OC. The van der Waals surface area contributed by atoms with E-state index in [1.54, 1.807) is 7.11 Å². The number of hydrogen-bond acceptors (Lipinski definition) is 3. The Kier molecular flexibility index (Phi) is 3.97. The van der Waals surface area contributed by atoms with Crippen molar-refractivity contribution in [3.63, 3.8) is 0 Å². The lowest BCUT2D eigenvalue weighted by Crippen LogP contribution is -2.28. The van der Waals surface area contributed by atoms with Gasteiger partial charge in [0.25, 0.3) is 0 Å². The van der Waals surface area contributed by atoms with Gasteiger partial charge in [0, 0.05) is 7.05 Å². The number of ether oxygens (including phenoxy) is 1. The Hall–Kier alpha value is -1.22. The fourth-order valence-corrected chi connectivity index (χ4v) is 1.56.